The van der Waals surface area contributed by atoms with Gasteiger partial charge >= 0.3 is 0 Å². The Balaban J connectivity index is 1.89. The molecule has 0 spiro atoms. The van der Waals surface area contributed by atoms with E-state index in [1.165, 1.54) is 4.90 Å². The number of nitrogens with two attached hydrogens (primary N) is 1. The van der Waals surface area contributed by atoms with E-state index in [1.807, 2.05) is 13.8 Å². The maximum atomic E-state index is 12.6. The SMILES string of the molecule is CC(C)C[C@H](NC(=O)[C@@H]1CCCN1)C(=O)NCC(=O)N1CCC[C@H]1C(N)=O. The van der Waals surface area contributed by atoms with Crippen molar-refractivity contribution in [2.75, 3.05) is 19.6 Å². The van der Waals surface area contributed by atoms with Gasteiger partial charge in [0.1, 0.15) is 12.1 Å². The van der Waals surface area contributed by atoms with Gasteiger partial charge in [-0.25, -0.2) is 0 Å². The summed E-state index contributed by atoms with van der Waals surface area (Å²) in [6.07, 6.45) is 3.43. The Bertz CT molecular complexity index is 574. The maximum absolute atomic E-state index is 12.6. The standard InChI is InChI=1S/C18H31N5O4/c1-11(2)9-13(22-18(27)12-5-3-7-20-12)17(26)21-10-15(24)23-8-4-6-14(23)16(19)25/h11-14,20H,3-10H2,1-2H3,(H2,19,25)(H,21,26)(H,22,27)/t12-,13-,14-/m0/s1. The van der Waals surface area contributed by atoms with Crippen LogP contribution in [0.2, 0.25) is 0 Å². The molecule has 9 heteroatoms. The number of nitrogens with one attached hydrogen (secondary N) is 3. The van der Waals surface area contributed by atoms with E-state index in [2.05, 4.69) is 16.0 Å². The molecule has 27 heavy (non-hydrogen) atoms. The van der Waals surface area contributed by atoms with Crippen molar-refractivity contribution in [3.05, 3.63) is 0 Å². The second-order valence-corrected chi connectivity index (χ2v) is 7.70. The molecule has 0 aromatic rings. The summed E-state index contributed by atoms with van der Waals surface area (Å²) in [6.45, 7) is 4.97. The van der Waals surface area contributed by atoms with Gasteiger partial charge in [-0.15, -0.1) is 0 Å². The maximum Gasteiger partial charge on any atom is 0.243 e. The number of hydrogen-bond acceptors (Lipinski definition) is 5. The number of amides is 4. The fraction of sp³-hybridized carbons (Fsp3) is 0.778. The molecule has 2 heterocycles. The normalized spacial score (nSPS) is 23.3. The number of carbonyl (C=O) groups is 4. The van der Waals surface area contributed by atoms with Crippen LogP contribution in [0.25, 0.3) is 0 Å². The van der Waals surface area contributed by atoms with Crippen LogP contribution in [-0.4, -0.2) is 66.3 Å². The van der Waals surface area contributed by atoms with E-state index in [0.29, 0.717) is 25.8 Å². The lowest BCUT2D eigenvalue weighted by atomic mass is 10.0. The monoisotopic (exact) mass is 381 g/mol. The molecule has 0 aliphatic carbocycles. The summed E-state index contributed by atoms with van der Waals surface area (Å²) in [7, 11) is 0. The molecule has 0 aromatic carbocycles. The van der Waals surface area contributed by atoms with Crippen LogP contribution in [0.5, 0.6) is 0 Å². The fourth-order valence-corrected chi connectivity index (χ4v) is 3.63. The smallest absolute Gasteiger partial charge is 0.243 e. The first kappa shape index (κ1) is 21.1. The average Bonchev–Trinajstić information content (AvgIpc) is 3.29. The molecule has 2 fully saturated rings. The van der Waals surface area contributed by atoms with E-state index in [1.54, 1.807) is 0 Å². The summed E-state index contributed by atoms with van der Waals surface area (Å²) in [4.78, 5) is 50.1. The third kappa shape index (κ3) is 5.92. The summed E-state index contributed by atoms with van der Waals surface area (Å²) in [6, 6.07) is -1.57. The molecule has 0 saturated carbocycles. The predicted molar refractivity (Wildman–Crippen MR) is 99.3 cm³/mol. The van der Waals surface area contributed by atoms with Crippen molar-refractivity contribution in [2.45, 2.75) is 64.1 Å². The Morgan fingerprint density at radius 2 is 1.93 bits per heavy atom. The van der Waals surface area contributed by atoms with Crippen molar-refractivity contribution in [3.8, 4) is 0 Å². The van der Waals surface area contributed by atoms with E-state index in [9.17, 15) is 19.2 Å². The van der Waals surface area contributed by atoms with Crippen LogP contribution in [0.4, 0.5) is 0 Å². The molecule has 2 saturated heterocycles. The second kappa shape index (κ2) is 9.68. The van der Waals surface area contributed by atoms with Gasteiger partial charge in [-0.05, 0) is 44.6 Å². The van der Waals surface area contributed by atoms with E-state index < -0.39 is 23.9 Å². The van der Waals surface area contributed by atoms with Gasteiger partial charge in [-0.2, -0.15) is 0 Å². The van der Waals surface area contributed by atoms with Gasteiger partial charge in [0.2, 0.25) is 23.6 Å². The van der Waals surface area contributed by atoms with Gasteiger partial charge in [-0.1, -0.05) is 13.8 Å². The number of nitrogens with zero attached hydrogens (tertiary/aromatic N) is 1. The molecule has 2 rings (SSSR count). The van der Waals surface area contributed by atoms with Crippen LogP contribution in [0, 0.1) is 5.92 Å². The number of carbonyl (C=O) groups excluding carboxylic acids is 4. The summed E-state index contributed by atoms with van der Waals surface area (Å²) in [5, 5.41) is 8.51. The molecule has 4 amide bonds. The Morgan fingerprint density at radius 3 is 2.52 bits per heavy atom. The lowest BCUT2D eigenvalue weighted by Crippen LogP contribution is -2.54. The van der Waals surface area contributed by atoms with E-state index in [-0.39, 0.29) is 30.3 Å². The first-order valence-corrected chi connectivity index (χ1v) is 9.69. The van der Waals surface area contributed by atoms with Gasteiger partial charge in [0.25, 0.3) is 0 Å². The highest BCUT2D eigenvalue weighted by molar-refractivity contribution is 5.93. The van der Waals surface area contributed by atoms with Gasteiger partial charge in [0, 0.05) is 6.54 Å². The van der Waals surface area contributed by atoms with Gasteiger partial charge in [-0.3, -0.25) is 19.2 Å². The second-order valence-electron chi connectivity index (χ2n) is 7.70. The van der Waals surface area contributed by atoms with Crippen LogP contribution >= 0.6 is 0 Å². The van der Waals surface area contributed by atoms with E-state index in [4.69, 9.17) is 5.73 Å². The minimum atomic E-state index is -0.696. The highest BCUT2D eigenvalue weighted by Crippen LogP contribution is 2.16. The van der Waals surface area contributed by atoms with Crippen molar-refractivity contribution in [1.82, 2.24) is 20.9 Å². The molecule has 3 atom stereocenters. The zero-order valence-corrected chi connectivity index (χ0v) is 16.1. The predicted octanol–water partition coefficient (Wildman–Crippen LogP) is -1.14. The molecule has 5 N–H and O–H groups in total. The zero-order valence-electron chi connectivity index (χ0n) is 16.1. The van der Waals surface area contributed by atoms with Crippen LogP contribution < -0.4 is 21.7 Å². The highest BCUT2D eigenvalue weighted by atomic mass is 16.2. The third-order valence-corrected chi connectivity index (χ3v) is 5.03. The van der Waals surface area contributed by atoms with Crippen molar-refractivity contribution < 1.29 is 19.2 Å². The van der Waals surface area contributed by atoms with Gasteiger partial charge in [0.05, 0.1) is 12.6 Å². The number of primary amides is 1. The highest BCUT2D eigenvalue weighted by Gasteiger charge is 2.33. The van der Waals surface area contributed by atoms with E-state index in [0.717, 1.165) is 19.4 Å². The van der Waals surface area contributed by atoms with Gasteiger partial charge in [0.15, 0.2) is 0 Å². The van der Waals surface area contributed by atoms with Crippen molar-refractivity contribution in [1.29, 1.82) is 0 Å². The Morgan fingerprint density at radius 1 is 1.19 bits per heavy atom. The lowest BCUT2D eigenvalue weighted by molar-refractivity contribution is -0.138. The lowest BCUT2D eigenvalue weighted by Gasteiger charge is -2.24. The number of hydrogen-bond donors (Lipinski definition) is 4. The van der Waals surface area contributed by atoms with Crippen molar-refractivity contribution >= 4 is 23.6 Å². The van der Waals surface area contributed by atoms with Crippen LogP contribution in [0.1, 0.15) is 46.0 Å². The first-order chi connectivity index (χ1) is 12.8. The van der Waals surface area contributed by atoms with E-state index >= 15 is 0 Å². The molecular weight excluding hydrogens is 350 g/mol. The Labute approximate surface area is 159 Å². The quantitative estimate of drug-likeness (QED) is 0.422. The van der Waals surface area contributed by atoms with Crippen LogP contribution in [0.15, 0.2) is 0 Å². The molecule has 152 valence electrons. The first-order valence-electron chi connectivity index (χ1n) is 9.69. The summed E-state index contributed by atoms with van der Waals surface area (Å²) in [5.41, 5.74) is 5.33. The minimum Gasteiger partial charge on any atom is -0.368 e. The molecule has 0 radical (unpaired) electrons. The minimum absolute atomic E-state index is 0.187. The molecular formula is C18H31N5O4. The molecule has 0 bridgehead atoms. The zero-order chi connectivity index (χ0) is 20.0. The van der Waals surface area contributed by atoms with Crippen molar-refractivity contribution in [2.24, 2.45) is 11.7 Å². The Hall–Kier alpha value is -2.16. The number of rotatable bonds is 8. The Kier molecular flexibility index (Phi) is 7.58. The van der Waals surface area contributed by atoms with Crippen molar-refractivity contribution in [3.63, 3.8) is 0 Å². The molecule has 9 nitrogen and oxygen atoms in total. The molecule has 2 aliphatic heterocycles. The largest absolute Gasteiger partial charge is 0.368 e. The summed E-state index contributed by atoms with van der Waals surface area (Å²) >= 11 is 0. The molecule has 2 aliphatic rings. The van der Waals surface area contributed by atoms with Gasteiger partial charge < -0.3 is 26.6 Å². The average molecular weight is 381 g/mol. The molecule has 0 unspecified atom stereocenters. The summed E-state index contributed by atoms with van der Waals surface area (Å²) in [5.74, 6) is -1.24. The van der Waals surface area contributed by atoms with Crippen LogP contribution in [-0.2, 0) is 19.2 Å². The third-order valence-electron chi connectivity index (χ3n) is 5.03. The summed E-state index contributed by atoms with van der Waals surface area (Å²) < 4.78 is 0. The topological polar surface area (TPSA) is 134 Å². The van der Waals surface area contributed by atoms with Crippen LogP contribution in [0.3, 0.4) is 0 Å². The molecule has 0 aromatic heterocycles. The fourth-order valence-electron chi connectivity index (χ4n) is 3.63. The number of likely N-dealkylation sites (tertiary alicyclic amines) is 1.